The number of likely N-dealkylation sites (tertiary alicyclic amines) is 1. The van der Waals surface area contributed by atoms with Gasteiger partial charge in [0.05, 0.1) is 0 Å². The van der Waals surface area contributed by atoms with Crippen molar-refractivity contribution in [2.24, 2.45) is 11.3 Å². The Morgan fingerprint density at radius 1 is 1.43 bits per heavy atom. The number of carbonyl (C=O) groups is 1. The van der Waals surface area contributed by atoms with E-state index in [1.54, 1.807) is 4.90 Å². The minimum atomic E-state index is -0.857. The lowest BCUT2D eigenvalue weighted by molar-refractivity contribution is -0.138. The van der Waals surface area contributed by atoms with E-state index in [2.05, 4.69) is 20.8 Å². The van der Waals surface area contributed by atoms with Crippen LogP contribution in [0.15, 0.2) is 0 Å². The SMILES string of the molecule is CC(C)[C@]1(C)CCN(C(=O)[C@H](C)O)C1. The number of aliphatic hydroxyl groups is 1. The highest BCUT2D eigenvalue weighted by Gasteiger charge is 2.38. The lowest BCUT2D eigenvalue weighted by atomic mass is 9.78. The molecule has 2 atom stereocenters. The summed E-state index contributed by atoms with van der Waals surface area (Å²) in [5.41, 5.74) is 0.227. The van der Waals surface area contributed by atoms with Crippen molar-refractivity contribution in [2.45, 2.75) is 40.2 Å². The normalized spacial score (nSPS) is 29.7. The summed E-state index contributed by atoms with van der Waals surface area (Å²) >= 11 is 0. The smallest absolute Gasteiger partial charge is 0.251 e. The summed E-state index contributed by atoms with van der Waals surface area (Å²) in [6, 6.07) is 0. The van der Waals surface area contributed by atoms with Crippen LogP contribution in [-0.2, 0) is 4.79 Å². The van der Waals surface area contributed by atoms with Gasteiger partial charge in [0.25, 0.3) is 5.91 Å². The standard InChI is InChI=1S/C11H21NO2/c1-8(2)11(4)5-6-12(7-11)10(14)9(3)13/h8-9,13H,5-7H2,1-4H3/t9-,11+/m0/s1. The molecule has 1 aliphatic heterocycles. The predicted molar refractivity (Wildman–Crippen MR) is 55.8 cm³/mol. The van der Waals surface area contributed by atoms with Gasteiger partial charge in [-0.15, -0.1) is 0 Å². The molecular weight excluding hydrogens is 178 g/mol. The summed E-state index contributed by atoms with van der Waals surface area (Å²) in [6.07, 6.45) is 0.188. The number of carbonyl (C=O) groups excluding carboxylic acids is 1. The minimum Gasteiger partial charge on any atom is -0.384 e. The highest BCUT2D eigenvalue weighted by Crippen LogP contribution is 2.37. The minimum absolute atomic E-state index is 0.130. The number of rotatable bonds is 2. The first kappa shape index (κ1) is 11.5. The van der Waals surface area contributed by atoms with Gasteiger partial charge in [0.2, 0.25) is 0 Å². The largest absolute Gasteiger partial charge is 0.384 e. The van der Waals surface area contributed by atoms with E-state index in [-0.39, 0.29) is 11.3 Å². The van der Waals surface area contributed by atoms with Gasteiger partial charge in [0.1, 0.15) is 6.10 Å². The summed E-state index contributed by atoms with van der Waals surface area (Å²) in [4.78, 5) is 13.3. The Hall–Kier alpha value is -0.570. The van der Waals surface area contributed by atoms with Gasteiger partial charge >= 0.3 is 0 Å². The van der Waals surface area contributed by atoms with Crippen LogP contribution >= 0.6 is 0 Å². The van der Waals surface area contributed by atoms with E-state index in [9.17, 15) is 9.90 Å². The fourth-order valence-corrected chi connectivity index (χ4v) is 1.91. The number of aliphatic hydroxyl groups excluding tert-OH is 1. The molecule has 1 N–H and O–H groups in total. The van der Waals surface area contributed by atoms with E-state index >= 15 is 0 Å². The fourth-order valence-electron chi connectivity index (χ4n) is 1.91. The number of nitrogens with zero attached hydrogens (tertiary/aromatic N) is 1. The molecule has 14 heavy (non-hydrogen) atoms. The van der Waals surface area contributed by atoms with E-state index in [0.29, 0.717) is 5.92 Å². The molecule has 0 radical (unpaired) electrons. The highest BCUT2D eigenvalue weighted by molar-refractivity contribution is 5.80. The van der Waals surface area contributed by atoms with E-state index in [1.165, 1.54) is 6.92 Å². The Labute approximate surface area is 86.1 Å². The second-order valence-electron chi connectivity index (χ2n) is 4.99. The van der Waals surface area contributed by atoms with Crippen LogP contribution in [0.3, 0.4) is 0 Å². The van der Waals surface area contributed by atoms with E-state index < -0.39 is 6.10 Å². The van der Waals surface area contributed by atoms with Crippen LogP contribution in [0.4, 0.5) is 0 Å². The third-order valence-electron chi connectivity index (χ3n) is 3.57. The van der Waals surface area contributed by atoms with Gasteiger partial charge in [0.15, 0.2) is 0 Å². The lowest BCUT2D eigenvalue weighted by Gasteiger charge is -2.29. The molecule has 0 aromatic carbocycles. The van der Waals surface area contributed by atoms with Crippen molar-refractivity contribution < 1.29 is 9.90 Å². The molecule has 1 amide bonds. The maximum atomic E-state index is 11.5. The summed E-state index contributed by atoms with van der Waals surface area (Å²) in [7, 11) is 0. The van der Waals surface area contributed by atoms with Crippen molar-refractivity contribution in [3.8, 4) is 0 Å². The van der Waals surface area contributed by atoms with Crippen LogP contribution in [-0.4, -0.2) is 35.1 Å². The van der Waals surface area contributed by atoms with Crippen LogP contribution < -0.4 is 0 Å². The Kier molecular flexibility index (Phi) is 3.20. The maximum absolute atomic E-state index is 11.5. The average Bonchev–Trinajstić information content (AvgIpc) is 2.48. The zero-order valence-corrected chi connectivity index (χ0v) is 9.58. The second-order valence-corrected chi connectivity index (χ2v) is 4.99. The fraction of sp³-hybridized carbons (Fsp3) is 0.909. The van der Waals surface area contributed by atoms with E-state index in [0.717, 1.165) is 19.5 Å². The molecule has 1 aliphatic rings. The van der Waals surface area contributed by atoms with Crippen LogP contribution in [0, 0.1) is 11.3 Å². The molecule has 3 nitrogen and oxygen atoms in total. The molecule has 1 heterocycles. The van der Waals surface area contributed by atoms with Crippen LogP contribution in [0.25, 0.3) is 0 Å². The van der Waals surface area contributed by atoms with Crippen LogP contribution in [0.2, 0.25) is 0 Å². The lowest BCUT2D eigenvalue weighted by Crippen LogP contribution is -2.38. The molecule has 0 bridgehead atoms. The highest BCUT2D eigenvalue weighted by atomic mass is 16.3. The molecule has 0 aliphatic carbocycles. The van der Waals surface area contributed by atoms with E-state index in [1.807, 2.05) is 0 Å². The van der Waals surface area contributed by atoms with Gasteiger partial charge in [-0.3, -0.25) is 4.79 Å². The zero-order valence-electron chi connectivity index (χ0n) is 9.58. The maximum Gasteiger partial charge on any atom is 0.251 e. The Bertz CT molecular complexity index is 225. The van der Waals surface area contributed by atoms with Crippen molar-refractivity contribution in [3.05, 3.63) is 0 Å². The third kappa shape index (κ3) is 2.08. The van der Waals surface area contributed by atoms with Gasteiger partial charge in [0, 0.05) is 13.1 Å². The van der Waals surface area contributed by atoms with Gasteiger partial charge in [-0.25, -0.2) is 0 Å². The zero-order chi connectivity index (χ0) is 10.9. The van der Waals surface area contributed by atoms with Crippen molar-refractivity contribution >= 4 is 5.91 Å². The summed E-state index contributed by atoms with van der Waals surface area (Å²) in [6.45, 7) is 9.71. The van der Waals surface area contributed by atoms with Crippen molar-refractivity contribution in [1.82, 2.24) is 4.90 Å². The van der Waals surface area contributed by atoms with Gasteiger partial charge < -0.3 is 10.0 Å². The van der Waals surface area contributed by atoms with Crippen molar-refractivity contribution in [3.63, 3.8) is 0 Å². The van der Waals surface area contributed by atoms with Crippen molar-refractivity contribution in [2.75, 3.05) is 13.1 Å². The molecule has 0 spiro atoms. The van der Waals surface area contributed by atoms with Gasteiger partial charge in [-0.2, -0.15) is 0 Å². The number of hydrogen-bond acceptors (Lipinski definition) is 2. The third-order valence-corrected chi connectivity index (χ3v) is 3.57. The molecule has 0 aromatic heterocycles. The first-order valence-electron chi connectivity index (χ1n) is 5.33. The molecule has 0 unspecified atom stereocenters. The van der Waals surface area contributed by atoms with Crippen LogP contribution in [0.1, 0.15) is 34.1 Å². The molecule has 0 aromatic rings. The molecular formula is C11H21NO2. The quantitative estimate of drug-likeness (QED) is 0.727. The molecule has 1 fully saturated rings. The molecule has 1 rings (SSSR count). The molecule has 3 heteroatoms. The summed E-state index contributed by atoms with van der Waals surface area (Å²) in [5, 5.41) is 9.20. The Morgan fingerprint density at radius 2 is 2.00 bits per heavy atom. The van der Waals surface area contributed by atoms with E-state index in [4.69, 9.17) is 0 Å². The first-order valence-corrected chi connectivity index (χ1v) is 5.33. The van der Waals surface area contributed by atoms with Gasteiger partial charge in [-0.1, -0.05) is 20.8 Å². The number of hydrogen-bond donors (Lipinski definition) is 1. The predicted octanol–water partition coefficient (Wildman–Crippen LogP) is 1.26. The Balaban J connectivity index is 2.61. The van der Waals surface area contributed by atoms with Crippen LogP contribution in [0.5, 0.6) is 0 Å². The topological polar surface area (TPSA) is 40.5 Å². The molecule has 82 valence electrons. The number of amides is 1. The average molecular weight is 199 g/mol. The monoisotopic (exact) mass is 199 g/mol. The first-order chi connectivity index (χ1) is 6.37. The van der Waals surface area contributed by atoms with Gasteiger partial charge in [-0.05, 0) is 24.7 Å². The van der Waals surface area contributed by atoms with Crippen molar-refractivity contribution in [1.29, 1.82) is 0 Å². The molecule has 0 saturated carbocycles. The summed E-state index contributed by atoms with van der Waals surface area (Å²) in [5.74, 6) is 0.448. The second kappa shape index (κ2) is 3.89. The Morgan fingerprint density at radius 3 is 2.36 bits per heavy atom. The summed E-state index contributed by atoms with van der Waals surface area (Å²) < 4.78 is 0. The molecule has 1 saturated heterocycles.